The molecule has 1 atom stereocenters. The number of hydrogen-bond acceptors (Lipinski definition) is 4. The van der Waals surface area contributed by atoms with E-state index in [1.54, 1.807) is 7.11 Å². The first-order valence-corrected chi connectivity index (χ1v) is 10.6. The van der Waals surface area contributed by atoms with Gasteiger partial charge in [0.1, 0.15) is 5.75 Å². The van der Waals surface area contributed by atoms with Crippen molar-refractivity contribution in [2.24, 2.45) is 4.99 Å². The van der Waals surface area contributed by atoms with Crippen LogP contribution in [0.1, 0.15) is 37.1 Å². The molecule has 1 aliphatic rings. The average molecular weight is 396 g/mol. The monoisotopic (exact) mass is 395 g/mol. The van der Waals surface area contributed by atoms with Gasteiger partial charge in [-0.05, 0) is 51.1 Å². The summed E-state index contributed by atoms with van der Waals surface area (Å²) >= 11 is 0. The van der Waals surface area contributed by atoms with Gasteiger partial charge in [0.2, 0.25) is 0 Å². The van der Waals surface area contributed by atoms with E-state index in [1.165, 1.54) is 18.4 Å². The van der Waals surface area contributed by atoms with Crippen molar-refractivity contribution in [1.29, 1.82) is 0 Å². The summed E-state index contributed by atoms with van der Waals surface area (Å²) in [5.41, 5.74) is 2.30. The van der Waals surface area contributed by atoms with Crippen LogP contribution in [0.3, 0.4) is 0 Å². The number of guanidine groups is 1. The number of benzene rings is 1. The lowest BCUT2D eigenvalue weighted by atomic mass is 10.0. The fourth-order valence-corrected chi connectivity index (χ4v) is 3.78. The summed E-state index contributed by atoms with van der Waals surface area (Å²) in [6.07, 6.45) is 5.20. The Labute approximate surface area is 174 Å². The maximum atomic E-state index is 5.64. The summed E-state index contributed by atoms with van der Waals surface area (Å²) in [7, 11) is 1.74. The van der Waals surface area contributed by atoms with E-state index in [2.05, 4.69) is 45.6 Å². The van der Waals surface area contributed by atoms with Crippen molar-refractivity contribution in [1.82, 2.24) is 20.5 Å². The third-order valence-corrected chi connectivity index (χ3v) is 5.25. The molecule has 0 saturated carbocycles. The Bertz CT molecular complexity index is 759. The minimum atomic E-state index is 0.222. The van der Waals surface area contributed by atoms with Crippen LogP contribution in [0.5, 0.6) is 5.75 Å². The second-order valence-corrected chi connectivity index (χ2v) is 7.22. The zero-order chi connectivity index (χ0) is 20.3. The van der Waals surface area contributed by atoms with E-state index in [4.69, 9.17) is 9.73 Å². The largest absolute Gasteiger partial charge is 0.496 e. The topological polar surface area (TPSA) is 61.8 Å². The molecule has 156 valence electrons. The van der Waals surface area contributed by atoms with Crippen molar-refractivity contribution < 1.29 is 4.74 Å². The Balaban J connectivity index is 1.69. The predicted molar refractivity (Wildman–Crippen MR) is 118 cm³/mol. The van der Waals surface area contributed by atoms with Gasteiger partial charge in [-0.3, -0.25) is 14.9 Å². The molecule has 1 aromatic carbocycles. The third kappa shape index (κ3) is 6.19. The molecule has 0 bridgehead atoms. The first-order valence-electron chi connectivity index (χ1n) is 10.6. The van der Waals surface area contributed by atoms with Crippen LogP contribution in [-0.2, 0) is 6.42 Å². The smallest absolute Gasteiger partial charge is 0.191 e. The van der Waals surface area contributed by atoms with E-state index in [1.807, 2.05) is 30.5 Å². The van der Waals surface area contributed by atoms with Crippen molar-refractivity contribution in [2.45, 2.75) is 32.2 Å². The van der Waals surface area contributed by atoms with Crippen molar-refractivity contribution in [3.63, 3.8) is 0 Å². The lowest BCUT2D eigenvalue weighted by Crippen LogP contribution is -2.39. The number of nitrogens with zero attached hydrogens (tertiary/aromatic N) is 3. The quantitative estimate of drug-likeness (QED) is 0.505. The normalized spacial score (nSPS) is 15.9. The van der Waals surface area contributed by atoms with Gasteiger partial charge in [0.05, 0.1) is 19.7 Å². The Hall–Kier alpha value is -2.60. The minimum Gasteiger partial charge on any atom is -0.496 e. The van der Waals surface area contributed by atoms with Crippen LogP contribution in [0, 0.1) is 0 Å². The molecule has 2 aromatic rings. The van der Waals surface area contributed by atoms with E-state index in [0.717, 1.165) is 50.0 Å². The number of hydrogen-bond donors (Lipinski definition) is 2. The van der Waals surface area contributed by atoms with E-state index < -0.39 is 0 Å². The highest BCUT2D eigenvalue weighted by Gasteiger charge is 2.25. The molecule has 6 heteroatoms. The van der Waals surface area contributed by atoms with Crippen LogP contribution >= 0.6 is 0 Å². The molecule has 1 fully saturated rings. The fraction of sp³-hybridized carbons (Fsp3) is 0.478. The standard InChI is InChI=1S/C23H33N5O/c1-3-24-23(26-15-13-19-10-6-7-14-25-19)27-18-21(28-16-8-9-17-28)20-11-4-5-12-22(20)29-2/h4-7,10-12,14,21H,3,8-9,13,15-18H2,1-2H3,(H2,24,26,27). The van der Waals surface area contributed by atoms with Gasteiger partial charge in [-0.2, -0.15) is 0 Å². The summed E-state index contributed by atoms with van der Waals surface area (Å²) in [6.45, 7) is 6.64. The molecule has 3 rings (SSSR count). The van der Waals surface area contributed by atoms with E-state index >= 15 is 0 Å². The summed E-state index contributed by atoms with van der Waals surface area (Å²) < 4.78 is 5.64. The number of pyridine rings is 1. The molecule has 0 aliphatic carbocycles. The van der Waals surface area contributed by atoms with Gasteiger partial charge in [-0.15, -0.1) is 0 Å². The van der Waals surface area contributed by atoms with Crippen molar-refractivity contribution in [2.75, 3.05) is 39.8 Å². The number of likely N-dealkylation sites (tertiary alicyclic amines) is 1. The molecule has 1 saturated heterocycles. The van der Waals surface area contributed by atoms with Gasteiger partial charge in [0.25, 0.3) is 0 Å². The summed E-state index contributed by atoms with van der Waals surface area (Å²) in [6, 6.07) is 14.6. The first-order chi connectivity index (χ1) is 14.3. The molecule has 29 heavy (non-hydrogen) atoms. The predicted octanol–water partition coefficient (Wildman–Crippen LogP) is 3.02. The maximum absolute atomic E-state index is 5.64. The summed E-state index contributed by atoms with van der Waals surface area (Å²) in [4.78, 5) is 11.8. The van der Waals surface area contributed by atoms with Crippen LogP contribution in [-0.4, -0.2) is 55.7 Å². The highest BCUT2D eigenvalue weighted by atomic mass is 16.5. The number of nitrogens with one attached hydrogen (secondary N) is 2. The Morgan fingerprint density at radius 3 is 2.66 bits per heavy atom. The number of rotatable bonds is 9. The van der Waals surface area contributed by atoms with E-state index in [0.29, 0.717) is 6.54 Å². The van der Waals surface area contributed by atoms with Gasteiger partial charge < -0.3 is 15.4 Å². The molecule has 0 spiro atoms. The van der Waals surface area contributed by atoms with Crippen molar-refractivity contribution >= 4 is 5.96 Å². The lowest BCUT2D eigenvalue weighted by molar-refractivity contribution is 0.245. The minimum absolute atomic E-state index is 0.222. The maximum Gasteiger partial charge on any atom is 0.191 e. The van der Waals surface area contributed by atoms with Gasteiger partial charge in [-0.1, -0.05) is 24.3 Å². The number of para-hydroxylation sites is 1. The highest BCUT2D eigenvalue weighted by molar-refractivity contribution is 5.79. The molecule has 2 N–H and O–H groups in total. The summed E-state index contributed by atoms with van der Waals surface area (Å²) in [5.74, 6) is 1.79. The van der Waals surface area contributed by atoms with Gasteiger partial charge in [-0.25, -0.2) is 0 Å². The lowest BCUT2D eigenvalue weighted by Gasteiger charge is -2.28. The SMILES string of the molecule is CCNC(=NCC(c1ccccc1OC)N1CCCC1)NCCc1ccccn1. The number of ether oxygens (including phenoxy) is 1. The molecule has 1 aromatic heterocycles. The fourth-order valence-electron chi connectivity index (χ4n) is 3.78. The Kier molecular flexibility index (Phi) is 8.31. The molecule has 2 heterocycles. The molecular formula is C23H33N5O. The van der Waals surface area contributed by atoms with Crippen molar-refractivity contribution in [3.05, 3.63) is 59.9 Å². The zero-order valence-corrected chi connectivity index (χ0v) is 17.6. The first kappa shape index (κ1) is 21.1. The highest BCUT2D eigenvalue weighted by Crippen LogP contribution is 2.31. The third-order valence-electron chi connectivity index (χ3n) is 5.25. The van der Waals surface area contributed by atoms with Gasteiger partial charge in [0.15, 0.2) is 5.96 Å². The Morgan fingerprint density at radius 1 is 1.14 bits per heavy atom. The number of aromatic nitrogens is 1. The van der Waals surface area contributed by atoms with Crippen LogP contribution in [0.4, 0.5) is 0 Å². The van der Waals surface area contributed by atoms with Gasteiger partial charge >= 0.3 is 0 Å². The molecular weight excluding hydrogens is 362 g/mol. The molecule has 0 amide bonds. The molecule has 1 aliphatic heterocycles. The summed E-state index contributed by atoms with van der Waals surface area (Å²) in [5, 5.41) is 6.81. The van der Waals surface area contributed by atoms with Crippen LogP contribution in [0.15, 0.2) is 53.7 Å². The number of methoxy groups -OCH3 is 1. The van der Waals surface area contributed by atoms with Crippen molar-refractivity contribution in [3.8, 4) is 5.75 Å². The molecule has 6 nitrogen and oxygen atoms in total. The molecule has 0 radical (unpaired) electrons. The average Bonchev–Trinajstić information content (AvgIpc) is 3.29. The Morgan fingerprint density at radius 2 is 1.93 bits per heavy atom. The zero-order valence-electron chi connectivity index (χ0n) is 17.6. The van der Waals surface area contributed by atoms with E-state index in [9.17, 15) is 0 Å². The second-order valence-electron chi connectivity index (χ2n) is 7.22. The second kappa shape index (κ2) is 11.4. The number of aliphatic imine (C=N–C) groups is 1. The molecule has 1 unspecified atom stereocenters. The van der Waals surface area contributed by atoms with Crippen LogP contribution < -0.4 is 15.4 Å². The van der Waals surface area contributed by atoms with Gasteiger partial charge in [0, 0.05) is 37.0 Å². The van der Waals surface area contributed by atoms with Crippen LogP contribution in [0.2, 0.25) is 0 Å². The van der Waals surface area contributed by atoms with Crippen LogP contribution in [0.25, 0.3) is 0 Å². The van der Waals surface area contributed by atoms with E-state index in [-0.39, 0.29) is 6.04 Å².